The van der Waals surface area contributed by atoms with Crippen LogP contribution in [-0.4, -0.2) is 18.7 Å². The summed E-state index contributed by atoms with van der Waals surface area (Å²) in [6.45, 7) is 2.35. The van der Waals surface area contributed by atoms with E-state index in [9.17, 15) is 0 Å². The second kappa shape index (κ2) is 17.0. The zero-order chi connectivity index (χ0) is 51.6. The molecule has 14 aromatic rings. The molecule has 4 heteroatoms. The van der Waals surface area contributed by atoms with Crippen LogP contribution in [0, 0.1) is 12.3 Å². The Bertz CT molecular complexity index is 4850. The predicted molar refractivity (Wildman–Crippen MR) is 327 cm³/mol. The summed E-state index contributed by atoms with van der Waals surface area (Å²) in [6, 6.07) is 82.5. The molecule has 0 saturated heterocycles. The van der Waals surface area contributed by atoms with Gasteiger partial charge in [0.2, 0.25) is 0 Å². The monoisotopic (exact) mass is 994 g/mol. The summed E-state index contributed by atoms with van der Waals surface area (Å²) in [7, 11) is 0. The number of para-hydroxylation sites is 7. The summed E-state index contributed by atoms with van der Waals surface area (Å²) < 4.78 is 7.42. The number of nitrogens with one attached hydrogen (secondary N) is 1. The number of allylic oxidation sites excluding steroid dienone is 5. The van der Waals surface area contributed by atoms with Crippen LogP contribution in [0.25, 0.3) is 116 Å². The van der Waals surface area contributed by atoms with Gasteiger partial charge in [-0.25, -0.2) is 0 Å². The van der Waals surface area contributed by atoms with Crippen LogP contribution in [0.1, 0.15) is 46.9 Å². The highest BCUT2D eigenvalue weighted by Crippen LogP contribution is 2.63. The highest BCUT2D eigenvalue weighted by Gasteiger charge is 2.52. The van der Waals surface area contributed by atoms with Crippen molar-refractivity contribution >= 4 is 88.0 Å². The first-order valence-corrected chi connectivity index (χ1v) is 27.1. The molecule has 4 aromatic heterocycles. The van der Waals surface area contributed by atoms with Gasteiger partial charge >= 0.3 is 0 Å². The SMILES string of the molecule is C#C/C=C\C1=C(C)C2(c3cc(-n4c5ccccc5c5ccccc54)ccc31)c1cc(-n3c4c(c5ccccc53)CCC=C4)ccc1-c1ccc(-n3c4ccccc4c4ccccc43)cc12.c1ccc2c(c1)[nH]c1ccccc12. The van der Waals surface area contributed by atoms with E-state index in [0.717, 1.165) is 24.2 Å². The maximum Gasteiger partial charge on any atom is 0.0688 e. The zero-order valence-electron chi connectivity index (χ0n) is 43.0. The molecule has 0 aliphatic heterocycles. The molecule has 0 radical (unpaired) electrons. The van der Waals surface area contributed by atoms with Crippen LogP contribution in [0.2, 0.25) is 0 Å². The normalized spacial score (nSPS) is 15.3. The van der Waals surface area contributed by atoms with Crippen LogP contribution in [0.5, 0.6) is 0 Å². The zero-order valence-corrected chi connectivity index (χ0v) is 43.0. The van der Waals surface area contributed by atoms with Crippen molar-refractivity contribution in [3.05, 3.63) is 282 Å². The number of H-pyrrole nitrogens is 1. The van der Waals surface area contributed by atoms with Gasteiger partial charge in [0.25, 0.3) is 0 Å². The highest BCUT2D eigenvalue weighted by molar-refractivity contribution is 6.11. The van der Waals surface area contributed by atoms with Crippen molar-refractivity contribution in [1.29, 1.82) is 0 Å². The van der Waals surface area contributed by atoms with Crippen LogP contribution in [0.3, 0.4) is 0 Å². The third-order valence-electron chi connectivity index (χ3n) is 17.3. The minimum atomic E-state index is -0.646. The Balaban J connectivity index is 0.000000341. The molecule has 0 saturated carbocycles. The summed E-state index contributed by atoms with van der Waals surface area (Å²) >= 11 is 0. The van der Waals surface area contributed by atoms with Gasteiger partial charge in [0.05, 0.1) is 33.0 Å². The van der Waals surface area contributed by atoms with Gasteiger partial charge in [0.1, 0.15) is 0 Å². The lowest BCUT2D eigenvalue weighted by Crippen LogP contribution is -2.27. The highest BCUT2D eigenvalue weighted by atomic mass is 15.0. The largest absolute Gasteiger partial charge is 0.355 e. The quantitative estimate of drug-likeness (QED) is 0.170. The Morgan fingerprint density at radius 3 is 1.33 bits per heavy atom. The number of aryl methyl sites for hydroxylation is 1. The van der Waals surface area contributed by atoms with E-state index >= 15 is 0 Å². The maximum absolute atomic E-state index is 6.03. The number of aromatic nitrogens is 4. The van der Waals surface area contributed by atoms with E-state index in [2.05, 4.69) is 274 Å². The summed E-state index contributed by atoms with van der Waals surface area (Å²) in [5.41, 5.74) is 24.0. The molecule has 1 atom stereocenters. The number of fused-ring (bicyclic) bond motifs is 19. The minimum Gasteiger partial charge on any atom is -0.355 e. The second-order valence-electron chi connectivity index (χ2n) is 21.1. The molecule has 4 nitrogen and oxygen atoms in total. The molecule has 10 aromatic carbocycles. The maximum atomic E-state index is 6.03. The summed E-state index contributed by atoms with van der Waals surface area (Å²) in [5.74, 6) is 2.84. The second-order valence-corrected chi connectivity index (χ2v) is 21.1. The van der Waals surface area contributed by atoms with Gasteiger partial charge in [-0.2, -0.15) is 0 Å². The Kier molecular flexibility index (Phi) is 9.62. The molecular formula is C74H50N4. The van der Waals surface area contributed by atoms with E-state index in [1.165, 1.54) is 138 Å². The Hall–Kier alpha value is -10.1. The summed E-state index contributed by atoms with van der Waals surface area (Å²) in [6.07, 6.45) is 16.8. The van der Waals surface area contributed by atoms with Crippen LogP contribution in [-0.2, 0) is 11.8 Å². The van der Waals surface area contributed by atoms with E-state index in [1.54, 1.807) is 0 Å². The number of aromatic amines is 1. The van der Waals surface area contributed by atoms with Crippen molar-refractivity contribution < 1.29 is 0 Å². The van der Waals surface area contributed by atoms with Gasteiger partial charge in [-0.15, -0.1) is 6.42 Å². The number of hydrogen-bond acceptors (Lipinski definition) is 0. The number of hydrogen-bond donors (Lipinski definition) is 1. The molecule has 4 heterocycles. The van der Waals surface area contributed by atoms with Gasteiger partial charge in [-0.3, -0.25) is 0 Å². The van der Waals surface area contributed by atoms with E-state index in [0.29, 0.717) is 0 Å². The molecule has 1 unspecified atom stereocenters. The van der Waals surface area contributed by atoms with Gasteiger partial charge in [0.15, 0.2) is 0 Å². The molecule has 1 spiro atoms. The van der Waals surface area contributed by atoms with Crippen molar-refractivity contribution in [3.8, 4) is 40.5 Å². The van der Waals surface area contributed by atoms with E-state index in [4.69, 9.17) is 6.42 Å². The lowest BCUT2D eigenvalue weighted by atomic mass is 9.70. The first kappa shape index (κ1) is 44.2. The van der Waals surface area contributed by atoms with Gasteiger partial charge in [-0.05, 0) is 167 Å². The van der Waals surface area contributed by atoms with Gasteiger partial charge in [0, 0.05) is 71.5 Å². The van der Waals surface area contributed by atoms with Crippen molar-refractivity contribution in [1.82, 2.24) is 18.7 Å². The number of terminal acetylenes is 1. The average Bonchev–Trinajstić information content (AvgIpc) is 3.87. The third kappa shape index (κ3) is 6.13. The first-order valence-electron chi connectivity index (χ1n) is 27.1. The lowest BCUT2D eigenvalue weighted by Gasteiger charge is -2.32. The number of rotatable bonds is 4. The van der Waals surface area contributed by atoms with E-state index < -0.39 is 5.41 Å². The van der Waals surface area contributed by atoms with E-state index in [1.807, 2.05) is 6.08 Å². The van der Waals surface area contributed by atoms with Crippen molar-refractivity contribution in [2.75, 3.05) is 0 Å². The summed E-state index contributed by atoms with van der Waals surface area (Å²) in [5, 5.41) is 8.94. The Morgan fingerprint density at radius 2 is 0.846 bits per heavy atom. The van der Waals surface area contributed by atoms with Crippen molar-refractivity contribution in [3.63, 3.8) is 0 Å². The molecule has 366 valence electrons. The fourth-order valence-corrected chi connectivity index (χ4v) is 14.1. The van der Waals surface area contributed by atoms with Crippen LogP contribution in [0.15, 0.2) is 248 Å². The molecule has 3 aliphatic carbocycles. The van der Waals surface area contributed by atoms with Crippen LogP contribution in [0.4, 0.5) is 0 Å². The molecular weight excluding hydrogens is 945 g/mol. The fourth-order valence-electron chi connectivity index (χ4n) is 14.1. The summed E-state index contributed by atoms with van der Waals surface area (Å²) in [4.78, 5) is 3.38. The first-order chi connectivity index (χ1) is 38.6. The van der Waals surface area contributed by atoms with Crippen molar-refractivity contribution in [2.45, 2.75) is 25.2 Å². The predicted octanol–water partition coefficient (Wildman–Crippen LogP) is 18.4. The molecule has 17 rings (SSSR count). The topological polar surface area (TPSA) is 30.6 Å². The number of benzene rings is 10. The van der Waals surface area contributed by atoms with Gasteiger partial charge < -0.3 is 18.7 Å². The third-order valence-corrected chi connectivity index (χ3v) is 17.3. The Labute approximate surface area is 451 Å². The van der Waals surface area contributed by atoms with Crippen LogP contribution >= 0.6 is 0 Å². The van der Waals surface area contributed by atoms with Crippen LogP contribution < -0.4 is 0 Å². The van der Waals surface area contributed by atoms with Crippen molar-refractivity contribution in [2.24, 2.45) is 0 Å². The molecule has 78 heavy (non-hydrogen) atoms. The van der Waals surface area contributed by atoms with Gasteiger partial charge in [-0.1, -0.05) is 158 Å². The lowest BCUT2D eigenvalue weighted by molar-refractivity contribution is 0.763. The molecule has 1 N–H and O–H groups in total. The standard InChI is InChI=1S/C62H41N3.C12H9N/c1-3-4-17-43-39(2)62(53-36-40(30-33-44(43)53)63-56-24-11-5-18-47(56)48-19-6-12-25-57(48)63)54-37-41(64-58-26-13-7-20-49(58)50-21-8-14-27-59(50)64)31-34-45(54)46-35-32-42(38-55(46)62)65-60-28-15-9-22-51(60)52-23-10-16-29-61(52)65;1-3-7-11-9(5-1)10-6-2-4-8-12(10)13-11/h1,4-9,11-22,24-38H,10,23H2,2H3;1-8,13H/b17-4-;. The fraction of sp³-hybridized carbons (Fsp3) is 0.0541. The molecule has 3 aliphatic rings. The number of nitrogens with zero attached hydrogens (tertiary/aromatic N) is 3. The molecule has 0 fully saturated rings. The molecule has 0 amide bonds. The smallest absolute Gasteiger partial charge is 0.0688 e. The Morgan fingerprint density at radius 1 is 0.449 bits per heavy atom. The average molecular weight is 995 g/mol. The van der Waals surface area contributed by atoms with E-state index in [-0.39, 0.29) is 0 Å². The minimum absolute atomic E-state index is 0.646. The molecule has 0 bridgehead atoms.